The van der Waals surface area contributed by atoms with Crippen molar-refractivity contribution in [3.63, 3.8) is 0 Å². The highest BCUT2D eigenvalue weighted by Gasteiger charge is 2.30. The fourth-order valence-electron chi connectivity index (χ4n) is 11.4. The molecule has 0 aliphatic rings. The second-order valence-electron chi connectivity index (χ2n) is 30.2. The Balaban J connectivity index is 0.864. The van der Waals surface area contributed by atoms with Crippen LogP contribution in [0.3, 0.4) is 0 Å². The lowest BCUT2D eigenvalue weighted by molar-refractivity contribution is -0.132. The minimum atomic E-state index is -1.21. The van der Waals surface area contributed by atoms with Gasteiger partial charge in [0.15, 0.2) is 23.1 Å². The van der Waals surface area contributed by atoms with Crippen molar-refractivity contribution in [3.8, 4) is 11.5 Å². The van der Waals surface area contributed by atoms with E-state index in [4.69, 9.17) is 47.4 Å². The molecule has 2 atom stereocenters. The number of carbonyl (C=O) groups excluding carboxylic acids is 14. The van der Waals surface area contributed by atoms with Gasteiger partial charge in [-0.15, -0.1) is 0 Å². The number of carbonyl (C=O) groups is 14. The van der Waals surface area contributed by atoms with Crippen molar-refractivity contribution < 1.29 is 114 Å². The number of amides is 6. The normalized spacial score (nSPS) is 12.0. The molecule has 0 bridgehead atoms. The van der Waals surface area contributed by atoms with Crippen molar-refractivity contribution in [3.05, 3.63) is 196 Å². The number of amidine groups is 1. The third kappa shape index (κ3) is 38.0. The van der Waals surface area contributed by atoms with Crippen LogP contribution in [0.15, 0.2) is 156 Å². The molecule has 6 aromatic carbocycles. The molecule has 3 N–H and O–H groups in total. The number of benzene rings is 6. The van der Waals surface area contributed by atoms with Crippen LogP contribution < -0.4 is 25.4 Å². The van der Waals surface area contributed by atoms with Gasteiger partial charge < -0.3 is 68.1 Å². The van der Waals surface area contributed by atoms with Gasteiger partial charge in [0, 0.05) is 80.9 Å². The number of hydrogen-bond donors (Lipinski definition) is 3. The Bertz CT molecular complexity index is 4300. The Hall–Kier alpha value is -12.3. The zero-order chi connectivity index (χ0) is 87.9. The highest BCUT2D eigenvalue weighted by molar-refractivity contribution is 6.01. The molecule has 31 nitrogen and oxygen atoms in total. The molecule has 6 amide bonds. The fraction of sp³-hybridized carbons (Fsp3) is 0.416. The number of esters is 2. The number of rotatable bonds is 46. The summed E-state index contributed by atoms with van der Waals surface area (Å²) in [6.07, 6.45) is -3.65. The highest BCUT2D eigenvalue weighted by Crippen LogP contribution is 2.23. The Labute approximate surface area is 697 Å². The van der Waals surface area contributed by atoms with Gasteiger partial charge in [-0.2, -0.15) is 9.98 Å². The molecular weight excluding hydrogens is 1550 g/mol. The van der Waals surface area contributed by atoms with E-state index in [9.17, 15) is 67.1 Å². The second kappa shape index (κ2) is 49.2. The number of nitrogens with one attached hydrogen (secondary N) is 3. The summed E-state index contributed by atoms with van der Waals surface area (Å²) in [5.41, 5.74) is 3.79. The van der Waals surface area contributed by atoms with E-state index >= 15 is 0 Å². The molecule has 0 fully saturated rings. The van der Waals surface area contributed by atoms with Gasteiger partial charge in [-0.25, -0.2) is 28.8 Å². The van der Waals surface area contributed by atoms with Crippen LogP contribution in [-0.4, -0.2) is 194 Å². The molecule has 0 saturated carbocycles. The van der Waals surface area contributed by atoms with Crippen LogP contribution in [-0.2, 0) is 99.4 Å². The Morgan fingerprint density at radius 1 is 0.450 bits per heavy atom. The molecule has 0 spiro atoms. The van der Waals surface area contributed by atoms with E-state index in [0.717, 1.165) is 15.4 Å². The molecular formula is C89H107N7O24. The van der Waals surface area contributed by atoms with Gasteiger partial charge in [0.05, 0.1) is 75.9 Å². The first-order valence-electron chi connectivity index (χ1n) is 39.0. The molecule has 0 aliphatic heterocycles. The van der Waals surface area contributed by atoms with Gasteiger partial charge in [-0.1, -0.05) is 72.8 Å². The predicted molar refractivity (Wildman–Crippen MR) is 442 cm³/mol. The summed E-state index contributed by atoms with van der Waals surface area (Å²) in [5.74, 6) is -5.13. The largest absolute Gasteiger partial charge is 0.445 e. The summed E-state index contributed by atoms with van der Waals surface area (Å²) in [7, 11) is 0. The summed E-state index contributed by atoms with van der Waals surface area (Å²) >= 11 is 0. The molecule has 6 rings (SSSR count). The van der Waals surface area contributed by atoms with Crippen LogP contribution in [0.4, 0.5) is 24.9 Å². The molecule has 642 valence electrons. The number of hydrogen-bond acceptors (Lipinski definition) is 24. The Morgan fingerprint density at radius 2 is 0.892 bits per heavy atom. The third-order valence-electron chi connectivity index (χ3n) is 17.0. The van der Waals surface area contributed by atoms with Crippen LogP contribution in [0.5, 0.6) is 11.5 Å². The number of anilines is 1. The number of Topliss-reactive ketones (excluding diaryl/α,β-unsaturated/α-hetero) is 6. The summed E-state index contributed by atoms with van der Waals surface area (Å²) in [6.45, 7) is 18.6. The zero-order valence-electron chi connectivity index (χ0n) is 69.9. The zero-order valence-corrected chi connectivity index (χ0v) is 69.9. The first kappa shape index (κ1) is 96.5. The first-order valence-corrected chi connectivity index (χ1v) is 39.0. The molecule has 120 heavy (non-hydrogen) atoms. The molecule has 0 aromatic heterocycles. The molecule has 0 saturated heterocycles. The van der Waals surface area contributed by atoms with Crippen molar-refractivity contribution in [1.82, 2.24) is 20.4 Å². The first-order chi connectivity index (χ1) is 56.9. The van der Waals surface area contributed by atoms with Crippen LogP contribution in [0.2, 0.25) is 0 Å². The lowest BCUT2D eigenvalue weighted by Crippen LogP contribution is -2.47. The monoisotopic (exact) mass is 1660 g/mol. The van der Waals surface area contributed by atoms with Gasteiger partial charge in [0.1, 0.15) is 59.9 Å². The average Bonchev–Trinajstić information content (AvgIpc) is 0.855. The van der Waals surface area contributed by atoms with Crippen LogP contribution in [0, 0.1) is 5.92 Å². The smallest absolute Gasteiger partial charge is 0.435 e. The van der Waals surface area contributed by atoms with Crippen molar-refractivity contribution in [2.45, 2.75) is 165 Å². The number of ether oxygens (including phenoxy) is 10. The maximum absolute atomic E-state index is 13.8. The van der Waals surface area contributed by atoms with Crippen molar-refractivity contribution >= 4 is 100 Å². The topological polar surface area (TPSA) is 399 Å². The number of nitrogens with zero attached hydrogens (tertiary/aromatic N) is 4. The van der Waals surface area contributed by atoms with Gasteiger partial charge in [0.25, 0.3) is 0 Å². The second-order valence-corrected chi connectivity index (χ2v) is 30.2. The lowest BCUT2D eigenvalue weighted by Gasteiger charge is -2.24. The quantitative estimate of drug-likeness (QED) is 0.00607. The van der Waals surface area contributed by atoms with Crippen molar-refractivity contribution in [1.29, 1.82) is 0 Å². The average molecular weight is 1660 g/mol. The van der Waals surface area contributed by atoms with E-state index in [2.05, 4.69) is 25.9 Å². The SMILES string of the molecule is CC(=O)C[C@H](CC(=O)CN(Cc1cccc(C(C)=O)c1)C(=O)OCc1ccc(OC(=O)c2ccc(NC(C)=NC(=O)OC(C)(C)C)cc2)cc1)C(=O)NCCOCCOCCOCCOCCCC(=O)[C@H](CC(C)=O)NC(=O)CN(Cc1cccc(C(C)=O)c1)C(=O)OCc1ccc(OC(=O)c2ccc(CC(C)=NC(=O)OC(C)(C)C)cc2)cc1. The molecule has 6 aromatic rings. The summed E-state index contributed by atoms with van der Waals surface area (Å²) < 4.78 is 55.3. The molecule has 0 heterocycles. The minimum Gasteiger partial charge on any atom is -0.445 e. The summed E-state index contributed by atoms with van der Waals surface area (Å²) in [5, 5.41) is 8.28. The van der Waals surface area contributed by atoms with Gasteiger partial charge in [-0.05, 0) is 190 Å². The predicted octanol–water partition coefficient (Wildman–Crippen LogP) is 12.8. The third-order valence-corrected chi connectivity index (χ3v) is 17.0. The number of ketones is 6. The van der Waals surface area contributed by atoms with Crippen LogP contribution in [0.25, 0.3) is 0 Å². The highest BCUT2D eigenvalue weighted by atomic mass is 16.6. The fourth-order valence-corrected chi connectivity index (χ4v) is 11.4. The van der Waals surface area contributed by atoms with Crippen LogP contribution >= 0.6 is 0 Å². The van der Waals surface area contributed by atoms with Crippen LogP contribution in [0.1, 0.15) is 184 Å². The van der Waals surface area contributed by atoms with Crippen molar-refractivity contribution in [2.24, 2.45) is 15.9 Å². The Kier molecular flexibility index (Phi) is 39.5. The van der Waals surface area contributed by atoms with E-state index in [0.29, 0.717) is 51.2 Å². The number of aliphatic imine (C=N–C) groups is 2. The molecule has 31 heteroatoms. The van der Waals surface area contributed by atoms with Gasteiger partial charge in [-0.3, -0.25) is 43.4 Å². The van der Waals surface area contributed by atoms with Gasteiger partial charge in [0.2, 0.25) is 11.8 Å². The van der Waals surface area contributed by atoms with E-state index in [1.165, 1.54) is 64.1 Å². The van der Waals surface area contributed by atoms with Crippen molar-refractivity contribution in [2.75, 3.05) is 77.8 Å². The maximum atomic E-state index is 13.8. The standard InChI is InChI=1S/C89H107N7O24/c1-58(91-84(107)119-88(7,8)9)46-64-21-27-69(28-22-64)82(105)117-76-33-25-66(26-34-76)57-116-87(110)96(53-68-17-14-19-72(50-68)62(5)100)55-80(103)94-78(48-60(3)98)79(102)20-15-38-111-40-42-113-44-45-114-43-41-112-39-37-90-81(104)73(47-59(2)97)51-75(101)54-95(52-67-16-13-18-71(49-67)61(4)99)86(109)115-56-65-23-35-77(36-24-65)118-83(106)70-29-31-74(32-30-70)92-63(6)93-85(108)120-89(10,11)12/h13-14,16-19,21-36,49-50,73,78H,15,20,37-48,51-57H2,1-12H3,(H,90,104)(H,94,103)(H,92,93,108)/t73-,78+/m1/s1. The van der Waals surface area contributed by atoms with E-state index < -0.39 is 102 Å². The summed E-state index contributed by atoms with van der Waals surface area (Å²) in [4.78, 5) is 192. The van der Waals surface area contributed by atoms with E-state index in [1.807, 2.05) is 0 Å². The van der Waals surface area contributed by atoms with Gasteiger partial charge >= 0.3 is 36.3 Å². The van der Waals surface area contributed by atoms with E-state index in [-0.39, 0.29) is 163 Å². The molecule has 0 unspecified atom stereocenters. The van der Waals surface area contributed by atoms with E-state index in [1.54, 1.807) is 165 Å². The minimum absolute atomic E-state index is 0.0396. The maximum Gasteiger partial charge on any atom is 0.435 e. The lowest BCUT2D eigenvalue weighted by atomic mass is 9.95. The summed E-state index contributed by atoms with van der Waals surface area (Å²) in [6, 6.07) is 37.1. The molecule has 0 aliphatic carbocycles. The molecule has 0 radical (unpaired) electrons. The Morgan fingerprint density at radius 3 is 1.36 bits per heavy atom.